The van der Waals surface area contributed by atoms with Crippen molar-refractivity contribution in [2.24, 2.45) is 10.7 Å². The second kappa shape index (κ2) is 7.53. The molecule has 0 aliphatic carbocycles. The molecule has 31 heavy (non-hydrogen) atoms. The Bertz CT molecular complexity index is 1140. The molecule has 1 amide bonds. The van der Waals surface area contributed by atoms with Crippen LogP contribution in [-0.4, -0.2) is 36.5 Å². The lowest BCUT2D eigenvalue weighted by Gasteiger charge is -2.53. The lowest BCUT2D eigenvalue weighted by Crippen LogP contribution is -2.52. The van der Waals surface area contributed by atoms with Gasteiger partial charge in [-0.15, -0.1) is 0 Å². The maximum absolute atomic E-state index is 14.7. The summed E-state index contributed by atoms with van der Waals surface area (Å²) < 4.78 is 34.8. The Kier molecular flexibility index (Phi) is 5.48. The van der Waals surface area contributed by atoms with Crippen molar-refractivity contribution in [3.8, 4) is 11.8 Å². The highest BCUT2D eigenvalue weighted by Gasteiger charge is 2.49. The van der Waals surface area contributed by atoms with E-state index >= 15 is 0 Å². The zero-order chi connectivity index (χ0) is 23.2. The van der Waals surface area contributed by atoms with Crippen molar-refractivity contribution in [3.63, 3.8) is 0 Å². The van der Waals surface area contributed by atoms with Crippen LogP contribution < -0.4 is 11.1 Å². The second-order valence-corrected chi connectivity index (χ2v) is 10.7. The molecule has 0 bridgehead atoms. The standard InChI is InChI=1S/C21H23FN4O4S/c1-20(2)19(24)26-21(3,11-31(20,29)30)14-9-13(5-6-15(14)22)18(28)25-16-7-4-12(10-23)8-17(16)27/h4-9,27,29-30H,11H2,1-3H3,(H2,24,26)(H,25,28). The summed E-state index contributed by atoms with van der Waals surface area (Å²) in [5.41, 5.74) is 4.96. The number of hydrogen-bond acceptors (Lipinski definition) is 7. The minimum absolute atomic E-state index is 0.0115. The molecule has 8 nitrogen and oxygen atoms in total. The van der Waals surface area contributed by atoms with Gasteiger partial charge in [0.1, 0.15) is 27.7 Å². The monoisotopic (exact) mass is 446 g/mol. The number of hydrogen-bond donors (Lipinski definition) is 5. The molecule has 0 radical (unpaired) electrons. The number of nitriles is 1. The van der Waals surface area contributed by atoms with Crippen LogP contribution in [-0.2, 0) is 5.54 Å². The number of aromatic hydroxyl groups is 1. The maximum Gasteiger partial charge on any atom is 0.255 e. The molecule has 0 aromatic heterocycles. The summed E-state index contributed by atoms with van der Waals surface area (Å²) >= 11 is 0. The van der Waals surface area contributed by atoms with Crippen molar-refractivity contribution in [3.05, 3.63) is 58.9 Å². The molecule has 1 aliphatic rings. The normalized spacial score (nSPS) is 22.7. The van der Waals surface area contributed by atoms with E-state index in [0.29, 0.717) is 0 Å². The first kappa shape index (κ1) is 22.6. The van der Waals surface area contributed by atoms with E-state index in [-0.39, 0.29) is 39.7 Å². The molecular formula is C21H23FN4O4S. The molecule has 1 heterocycles. The van der Waals surface area contributed by atoms with Crippen molar-refractivity contribution in [2.75, 3.05) is 11.1 Å². The van der Waals surface area contributed by atoms with Crippen LogP contribution in [0.2, 0.25) is 0 Å². The largest absolute Gasteiger partial charge is 0.506 e. The third-order valence-corrected chi connectivity index (χ3v) is 8.28. The summed E-state index contributed by atoms with van der Waals surface area (Å²) in [6.07, 6.45) is 0. The number of carbonyl (C=O) groups is 1. The molecule has 0 saturated heterocycles. The number of anilines is 1. The van der Waals surface area contributed by atoms with Crippen LogP contribution in [0.4, 0.5) is 10.1 Å². The minimum atomic E-state index is -3.26. The number of phenolic OH excluding ortho intramolecular Hbond substituents is 1. The number of nitrogens with zero attached hydrogens (tertiary/aromatic N) is 2. The number of aliphatic imine (C=N–C) groups is 1. The molecule has 1 unspecified atom stereocenters. The fourth-order valence-electron chi connectivity index (χ4n) is 3.29. The van der Waals surface area contributed by atoms with Gasteiger partial charge in [0.05, 0.1) is 23.1 Å². The lowest BCUT2D eigenvalue weighted by atomic mass is 9.91. The van der Waals surface area contributed by atoms with E-state index < -0.39 is 32.6 Å². The van der Waals surface area contributed by atoms with Gasteiger partial charge >= 0.3 is 0 Å². The van der Waals surface area contributed by atoms with Gasteiger partial charge in [0.25, 0.3) is 5.91 Å². The van der Waals surface area contributed by atoms with Crippen molar-refractivity contribution < 1.29 is 23.4 Å². The van der Waals surface area contributed by atoms with Crippen molar-refractivity contribution in [1.82, 2.24) is 0 Å². The van der Waals surface area contributed by atoms with Gasteiger partial charge in [0.2, 0.25) is 0 Å². The van der Waals surface area contributed by atoms with Gasteiger partial charge in [-0.3, -0.25) is 18.9 Å². The van der Waals surface area contributed by atoms with E-state index in [1.54, 1.807) is 13.8 Å². The van der Waals surface area contributed by atoms with Crippen molar-refractivity contribution in [2.45, 2.75) is 31.1 Å². The number of rotatable bonds is 3. The summed E-state index contributed by atoms with van der Waals surface area (Å²) in [7, 11) is -3.26. The van der Waals surface area contributed by atoms with Crippen LogP contribution in [0.1, 0.15) is 42.3 Å². The lowest BCUT2D eigenvalue weighted by molar-refractivity contribution is 0.102. The molecule has 0 spiro atoms. The van der Waals surface area contributed by atoms with Gasteiger partial charge in [0, 0.05) is 11.1 Å². The minimum Gasteiger partial charge on any atom is -0.506 e. The van der Waals surface area contributed by atoms with E-state index in [2.05, 4.69) is 10.3 Å². The van der Waals surface area contributed by atoms with Crippen LogP contribution in [0, 0.1) is 17.1 Å². The SMILES string of the molecule is CC1(c2cc(C(=O)Nc3ccc(C#N)cc3O)ccc2F)CS(O)(O)C(C)(C)C(N)=N1. The Morgan fingerprint density at radius 3 is 2.52 bits per heavy atom. The van der Waals surface area contributed by atoms with Crippen molar-refractivity contribution >= 4 is 28.0 Å². The zero-order valence-electron chi connectivity index (χ0n) is 17.2. The van der Waals surface area contributed by atoms with Crippen molar-refractivity contribution in [1.29, 1.82) is 5.26 Å². The number of nitrogens with two attached hydrogens (primary N) is 1. The van der Waals surface area contributed by atoms with Crippen LogP contribution in [0.15, 0.2) is 41.4 Å². The summed E-state index contributed by atoms with van der Waals surface area (Å²) in [6, 6.07) is 9.51. The van der Waals surface area contributed by atoms with Gasteiger partial charge in [-0.1, -0.05) is 0 Å². The van der Waals surface area contributed by atoms with Gasteiger partial charge in [-0.2, -0.15) is 15.9 Å². The summed E-state index contributed by atoms with van der Waals surface area (Å²) in [5, 5.41) is 21.4. The third kappa shape index (κ3) is 3.95. The molecule has 2 aromatic rings. The van der Waals surface area contributed by atoms with Gasteiger partial charge < -0.3 is 16.2 Å². The molecule has 10 heteroatoms. The zero-order valence-corrected chi connectivity index (χ0v) is 18.0. The highest BCUT2D eigenvalue weighted by molar-refractivity contribution is 8.26. The van der Waals surface area contributed by atoms with E-state index in [9.17, 15) is 23.4 Å². The van der Waals surface area contributed by atoms with E-state index in [0.717, 1.165) is 6.07 Å². The number of amidine groups is 1. The van der Waals surface area contributed by atoms with E-state index in [1.807, 2.05) is 6.07 Å². The molecule has 1 atom stereocenters. The average molecular weight is 447 g/mol. The third-order valence-electron chi connectivity index (χ3n) is 5.47. The van der Waals surface area contributed by atoms with Gasteiger partial charge in [-0.25, -0.2) is 4.39 Å². The highest BCUT2D eigenvalue weighted by atomic mass is 32.3. The Hall–Kier alpha value is -3.13. The topological polar surface area (TPSA) is 152 Å². The molecule has 3 rings (SSSR count). The first-order valence-electron chi connectivity index (χ1n) is 9.26. The number of carbonyl (C=O) groups excluding carboxylic acids is 1. The average Bonchev–Trinajstić information content (AvgIpc) is 2.68. The highest BCUT2D eigenvalue weighted by Crippen LogP contribution is 2.59. The quantitative estimate of drug-likeness (QED) is 0.453. The van der Waals surface area contributed by atoms with Gasteiger partial charge in [0.15, 0.2) is 0 Å². The second-order valence-electron chi connectivity index (χ2n) is 8.08. The predicted molar refractivity (Wildman–Crippen MR) is 118 cm³/mol. The number of amides is 1. The number of halogens is 1. The van der Waals surface area contributed by atoms with E-state index in [4.69, 9.17) is 11.0 Å². The first-order chi connectivity index (χ1) is 14.3. The molecule has 6 N–H and O–H groups in total. The van der Waals surface area contributed by atoms with Crippen LogP contribution in [0.25, 0.3) is 0 Å². The molecule has 164 valence electrons. The molecule has 2 aromatic carbocycles. The summed E-state index contributed by atoms with van der Waals surface area (Å²) in [5.74, 6) is -1.87. The summed E-state index contributed by atoms with van der Waals surface area (Å²) in [4.78, 5) is 17.1. The van der Waals surface area contributed by atoms with Crippen LogP contribution in [0.5, 0.6) is 5.75 Å². The molecule has 0 saturated carbocycles. The Morgan fingerprint density at radius 2 is 1.94 bits per heavy atom. The fourth-order valence-corrected chi connectivity index (χ4v) is 5.04. The van der Waals surface area contributed by atoms with E-state index in [1.165, 1.54) is 37.3 Å². The summed E-state index contributed by atoms with van der Waals surface area (Å²) in [6.45, 7) is 4.64. The van der Waals surface area contributed by atoms with Crippen LogP contribution in [0.3, 0.4) is 0 Å². The number of phenols is 1. The predicted octanol–water partition coefficient (Wildman–Crippen LogP) is 3.77. The Balaban J connectivity index is 1.98. The maximum atomic E-state index is 14.7. The molecular weight excluding hydrogens is 423 g/mol. The Morgan fingerprint density at radius 1 is 1.26 bits per heavy atom. The van der Waals surface area contributed by atoms with Crippen LogP contribution >= 0.6 is 10.6 Å². The molecule has 0 fully saturated rings. The smallest absolute Gasteiger partial charge is 0.255 e. The molecule has 1 aliphatic heterocycles. The number of benzene rings is 2. The van der Waals surface area contributed by atoms with Gasteiger partial charge in [-0.05, 0) is 57.2 Å². The fraction of sp³-hybridized carbons (Fsp3) is 0.286. The first-order valence-corrected chi connectivity index (χ1v) is 11.0. The Labute approximate surface area is 180 Å². The number of nitrogens with one attached hydrogen (secondary N) is 1.